The predicted molar refractivity (Wildman–Crippen MR) is 111 cm³/mol. The van der Waals surface area contributed by atoms with Crippen LogP contribution in [0.1, 0.15) is 29.2 Å². The number of aryl methyl sites for hydroxylation is 1. The van der Waals surface area contributed by atoms with E-state index < -0.39 is 17.9 Å². The van der Waals surface area contributed by atoms with Gasteiger partial charge in [0.2, 0.25) is 17.7 Å². The predicted octanol–water partition coefficient (Wildman–Crippen LogP) is 0.298. The quantitative estimate of drug-likeness (QED) is 0.427. The van der Waals surface area contributed by atoms with E-state index in [1.54, 1.807) is 12.1 Å². The van der Waals surface area contributed by atoms with Crippen molar-refractivity contribution in [2.24, 2.45) is 5.73 Å². The number of benzene rings is 2. The standard InChI is InChI=1S/C22H26N4O4/c23-18(11-14-5-8-16(27)9-6-14)22(30)25-12-20(28)24-13-21(29)26-19-10-7-15-3-1-2-4-17(15)19/h1-6,8-9,18-19,27H,7,10-13,23H2,(H,24,28)(H,25,30)(H,26,29)/t18-,19?/m0/s1. The van der Waals surface area contributed by atoms with Crippen LogP contribution < -0.4 is 21.7 Å². The van der Waals surface area contributed by atoms with Crippen molar-refractivity contribution in [1.29, 1.82) is 0 Å². The summed E-state index contributed by atoms with van der Waals surface area (Å²) in [4.78, 5) is 36.1. The molecule has 2 atom stereocenters. The fourth-order valence-electron chi connectivity index (χ4n) is 3.47. The van der Waals surface area contributed by atoms with Crippen molar-refractivity contribution in [3.63, 3.8) is 0 Å². The van der Waals surface area contributed by atoms with Crippen molar-refractivity contribution in [1.82, 2.24) is 16.0 Å². The summed E-state index contributed by atoms with van der Waals surface area (Å²) < 4.78 is 0. The molecule has 158 valence electrons. The Morgan fingerprint density at radius 2 is 1.70 bits per heavy atom. The van der Waals surface area contributed by atoms with E-state index in [0.717, 1.165) is 24.0 Å². The molecule has 0 saturated heterocycles. The Morgan fingerprint density at radius 3 is 2.47 bits per heavy atom. The lowest BCUT2D eigenvalue weighted by Crippen LogP contribution is -2.47. The minimum Gasteiger partial charge on any atom is -0.508 e. The normalized spacial score (nSPS) is 15.7. The fourth-order valence-corrected chi connectivity index (χ4v) is 3.47. The number of rotatable bonds is 8. The van der Waals surface area contributed by atoms with Crippen molar-refractivity contribution < 1.29 is 19.5 Å². The molecule has 3 amide bonds. The largest absolute Gasteiger partial charge is 0.508 e. The summed E-state index contributed by atoms with van der Waals surface area (Å²) in [5.41, 5.74) is 9.00. The number of aromatic hydroxyl groups is 1. The van der Waals surface area contributed by atoms with Crippen LogP contribution in [0, 0.1) is 0 Å². The maximum absolute atomic E-state index is 12.1. The Morgan fingerprint density at radius 1 is 1.00 bits per heavy atom. The Kier molecular flexibility index (Phi) is 7.03. The number of phenolic OH excluding ortho intramolecular Hbond substituents is 1. The topological polar surface area (TPSA) is 134 Å². The van der Waals surface area contributed by atoms with Crippen LogP contribution in [0.2, 0.25) is 0 Å². The van der Waals surface area contributed by atoms with Crippen LogP contribution in [0.25, 0.3) is 0 Å². The first-order valence-electron chi connectivity index (χ1n) is 9.87. The van der Waals surface area contributed by atoms with Gasteiger partial charge in [0.25, 0.3) is 0 Å². The van der Waals surface area contributed by atoms with E-state index in [-0.39, 0.29) is 37.2 Å². The van der Waals surface area contributed by atoms with Crippen molar-refractivity contribution in [3.8, 4) is 5.75 Å². The number of carbonyl (C=O) groups excluding carboxylic acids is 3. The van der Waals surface area contributed by atoms with Crippen molar-refractivity contribution in [2.45, 2.75) is 31.3 Å². The molecule has 0 spiro atoms. The third kappa shape index (κ3) is 5.81. The van der Waals surface area contributed by atoms with E-state index in [0.29, 0.717) is 0 Å². The molecule has 8 heteroatoms. The molecule has 6 N–H and O–H groups in total. The second-order valence-electron chi connectivity index (χ2n) is 7.33. The second kappa shape index (κ2) is 9.89. The molecule has 3 rings (SSSR count). The summed E-state index contributed by atoms with van der Waals surface area (Å²) in [6.07, 6.45) is 2.04. The lowest BCUT2D eigenvalue weighted by molar-refractivity contribution is -0.128. The average molecular weight is 410 g/mol. The second-order valence-corrected chi connectivity index (χ2v) is 7.33. The van der Waals surface area contributed by atoms with E-state index >= 15 is 0 Å². The number of amides is 3. The zero-order chi connectivity index (χ0) is 21.5. The van der Waals surface area contributed by atoms with E-state index in [9.17, 15) is 19.5 Å². The minimum atomic E-state index is -0.826. The average Bonchev–Trinajstić information content (AvgIpc) is 3.15. The Balaban J connectivity index is 1.35. The highest BCUT2D eigenvalue weighted by atomic mass is 16.3. The summed E-state index contributed by atoms with van der Waals surface area (Å²) in [5.74, 6) is -1.08. The van der Waals surface area contributed by atoms with Gasteiger partial charge < -0.3 is 26.8 Å². The summed E-state index contributed by atoms with van der Waals surface area (Å²) in [7, 11) is 0. The third-order valence-electron chi connectivity index (χ3n) is 5.07. The summed E-state index contributed by atoms with van der Waals surface area (Å²) in [6.45, 7) is -0.422. The van der Waals surface area contributed by atoms with Gasteiger partial charge in [0, 0.05) is 0 Å². The van der Waals surface area contributed by atoms with Gasteiger partial charge in [0.15, 0.2) is 0 Å². The first kappa shape index (κ1) is 21.3. The summed E-state index contributed by atoms with van der Waals surface area (Å²) >= 11 is 0. The molecule has 2 aromatic carbocycles. The Labute approximate surface area is 174 Å². The number of carbonyl (C=O) groups is 3. The monoisotopic (exact) mass is 410 g/mol. The lowest BCUT2D eigenvalue weighted by Gasteiger charge is -2.15. The number of hydrogen-bond acceptors (Lipinski definition) is 5. The minimum absolute atomic E-state index is 0.0387. The van der Waals surface area contributed by atoms with Gasteiger partial charge in [-0.2, -0.15) is 0 Å². The maximum Gasteiger partial charge on any atom is 0.239 e. The zero-order valence-corrected chi connectivity index (χ0v) is 16.6. The maximum atomic E-state index is 12.1. The van der Waals surface area contributed by atoms with E-state index in [1.807, 2.05) is 18.2 Å². The van der Waals surface area contributed by atoms with E-state index in [4.69, 9.17) is 5.73 Å². The fraction of sp³-hybridized carbons (Fsp3) is 0.318. The van der Waals surface area contributed by atoms with Gasteiger partial charge in [-0.05, 0) is 48.1 Å². The van der Waals surface area contributed by atoms with Crippen LogP contribution in [0.3, 0.4) is 0 Å². The van der Waals surface area contributed by atoms with E-state index in [1.165, 1.54) is 17.7 Å². The number of nitrogens with two attached hydrogens (primary N) is 1. The van der Waals surface area contributed by atoms with Crippen LogP contribution in [0.4, 0.5) is 0 Å². The molecule has 2 aromatic rings. The van der Waals surface area contributed by atoms with Gasteiger partial charge in [-0.3, -0.25) is 14.4 Å². The van der Waals surface area contributed by atoms with Gasteiger partial charge in [0.1, 0.15) is 5.75 Å². The summed E-state index contributed by atoms with van der Waals surface area (Å²) in [5, 5.41) is 17.2. The van der Waals surface area contributed by atoms with Crippen molar-refractivity contribution in [3.05, 3.63) is 65.2 Å². The van der Waals surface area contributed by atoms with Crippen LogP contribution in [0.5, 0.6) is 5.75 Å². The summed E-state index contributed by atoms with van der Waals surface area (Å²) in [6, 6.07) is 13.5. The molecule has 8 nitrogen and oxygen atoms in total. The van der Waals surface area contributed by atoms with Crippen LogP contribution in [-0.4, -0.2) is 42.0 Å². The number of hydrogen-bond donors (Lipinski definition) is 5. The zero-order valence-electron chi connectivity index (χ0n) is 16.6. The Bertz CT molecular complexity index is 914. The molecular weight excluding hydrogens is 384 g/mol. The molecule has 1 aliphatic rings. The molecular formula is C22H26N4O4. The highest BCUT2D eigenvalue weighted by Crippen LogP contribution is 2.30. The van der Waals surface area contributed by atoms with Crippen LogP contribution in [-0.2, 0) is 27.2 Å². The molecule has 0 heterocycles. The molecule has 30 heavy (non-hydrogen) atoms. The first-order chi connectivity index (χ1) is 14.4. The van der Waals surface area contributed by atoms with Crippen LogP contribution in [0.15, 0.2) is 48.5 Å². The molecule has 0 bridgehead atoms. The van der Waals surface area contributed by atoms with Crippen molar-refractivity contribution >= 4 is 17.7 Å². The molecule has 1 unspecified atom stereocenters. The highest BCUT2D eigenvalue weighted by Gasteiger charge is 2.23. The molecule has 0 aliphatic heterocycles. The van der Waals surface area contributed by atoms with Crippen LogP contribution >= 0.6 is 0 Å². The molecule has 1 aliphatic carbocycles. The number of fused-ring (bicyclic) bond motifs is 1. The molecule has 0 saturated carbocycles. The molecule has 0 fully saturated rings. The van der Waals surface area contributed by atoms with E-state index in [2.05, 4.69) is 22.0 Å². The number of phenols is 1. The van der Waals surface area contributed by atoms with Gasteiger partial charge in [-0.15, -0.1) is 0 Å². The van der Waals surface area contributed by atoms with Crippen molar-refractivity contribution in [2.75, 3.05) is 13.1 Å². The highest BCUT2D eigenvalue weighted by molar-refractivity contribution is 5.89. The third-order valence-corrected chi connectivity index (χ3v) is 5.07. The molecule has 0 radical (unpaired) electrons. The van der Waals surface area contributed by atoms with Gasteiger partial charge in [0.05, 0.1) is 25.2 Å². The first-order valence-corrected chi connectivity index (χ1v) is 9.87. The van der Waals surface area contributed by atoms with Gasteiger partial charge in [-0.1, -0.05) is 36.4 Å². The van der Waals surface area contributed by atoms with Gasteiger partial charge >= 0.3 is 0 Å². The Hall–Kier alpha value is -3.39. The lowest BCUT2D eigenvalue weighted by atomic mass is 10.1. The SMILES string of the molecule is N[C@@H](Cc1ccc(O)cc1)C(=O)NCC(=O)NCC(=O)NC1CCc2ccccc21. The molecule has 0 aromatic heterocycles. The smallest absolute Gasteiger partial charge is 0.239 e. The number of nitrogens with one attached hydrogen (secondary N) is 3. The van der Waals surface area contributed by atoms with Gasteiger partial charge in [-0.25, -0.2) is 0 Å².